The third-order valence-corrected chi connectivity index (χ3v) is 6.83. The van der Waals surface area contributed by atoms with E-state index in [1.165, 1.54) is 59.9 Å². The van der Waals surface area contributed by atoms with Crippen LogP contribution in [0.4, 0.5) is 0 Å². The molecule has 0 radical (unpaired) electrons. The molecule has 0 heterocycles. The van der Waals surface area contributed by atoms with Crippen molar-refractivity contribution < 1.29 is 49.0 Å². The van der Waals surface area contributed by atoms with E-state index in [-0.39, 0.29) is 24.8 Å². The van der Waals surface area contributed by atoms with Crippen molar-refractivity contribution in [2.24, 2.45) is 0 Å². The first-order valence-electron chi connectivity index (χ1n) is 10.8. The van der Waals surface area contributed by atoms with Gasteiger partial charge in [-0.15, -0.1) is 5.56 Å². The van der Waals surface area contributed by atoms with Crippen molar-refractivity contribution in [2.45, 2.75) is 64.7 Å². The first kappa shape index (κ1) is 28.2. The fraction of sp³-hybridized carbons (Fsp3) is 0.357. The van der Waals surface area contributed by atoms with Crippen LogP contribution in [-0.4, -0.2) is 3.21 Å². The Labute approximate surface area is 216 Å². The smallest absolute Gasteiger partial charge is 0.0253 e. The van der Waals surface area contributed by atoms with Gasteiger partial charge in [-0.25, -0.2) is 6.07 Å². The predicted octanol–water partition coefficient (Wildman–Crippen LogP) is 1.44. The number of benzene rings is 2. The summed E-state index contributed by atoms with van der Waals surface area (Å²) in [4.78, 5) is 0. The zero-order chi connectivity index (χ0) is 20.7. The molecule has 2 aliphatic carbocycles. The van der Waals surface area contributed by atoms with Gasteiger partial charge in [0.15, 0.2) is 0 Å². The van der Waals surface area contributed by atoms with Crippen molar-refractivity contribution in [3.63, 3.8) is 0 Å². The maximum atomic E-state index is 3.30. The van der Waals surface area contributed by atoms with Crippen LogP contribution in [0.25, 0.3) is 11.1 Å². The number of hydrogen-bond donors (Lipinski definition) is 0. The Morgan fingerprint density at radius 1 is 0.871 bits per heavy atom. The van der Waals surface area contributed by atoms with Gasteiger partial charge in [0.25, 0.3) is 0 Å². The molecule has 0 atom stereocenters. The first-order chi connectivity index (χ1) is 13.9. The Kier molecular flexibility index (Phi) is 12.4. The number of rotatable bonds is 0. The quantitative estimate of drug-likeness (QED) is 0.302. The fourth-order valence-corrected chi connectivity index (χ4v) is 4.72. The van der Waals surface area contributed by atoms with E-state index in [0.717, 1.165) is 6.42 Å². The molecule has 1 saturated carbocycles. The molecule has 164 valence electrons. The summed E-state index contributed by atoms with van der Waals surface area (Å²) in [7, 11) is 0. The van der Waals surface area contributed by atoms with Gasteiger partial charge in [-0.05, 0) is 6.42 Å². The molecule has 3 aromatic carbocycles. The van der Waals surface area contributed by atoms with E-state index in [4.69, 9.17) is 0 Å². The largest absolute Gasteiger partial charge is 0.179 e. The van der Waals surface area contributed by atoms with Gasteiger partial charge in [-0.3, -0.25) is 0 Å². The summed E-state index contributed by atoms with van der Waals surface area (Å²) in [5.41, 5.74) is 7.25. The van der Waals surface area contributed by atoms with Crippen LogP contribution < -0.4 is 24.8 Å². The minimum Gasteiger partial charge on any atom is -0.179 e. The summed E-state index contributed by atoms with van der Waals surface area (Å²) < 4.78 is 1.80. The molecule has 3 aromatic rings. The van der Waals surface area contributed by atoms with E-state index < -0.39 is 0 Å². The Morgan fingerprint density at radius 2 is 1.55 bits per heavy atom. The van der Waals surface area contributed by atoms with E-state index in [9.17, 15) is 0 Å². The minimum absolute atomic E-state index is 0. The maximum Gasteiger partial charge on any atom is -0.0253 e. The molecule has 3 heteroatoms. The van der Waals surface area contributed by atoms with Gasteiger partial charge in [0.1, 0.15) is 0 Å². The molecule has 0 bridgehead atoms. The van der Waals surface area contributed by atoms with Gasteiger partial charge in [-0.1, -0.05) is 61.6 Å². The molecule has 0 N–H and O–H groups in total. The Hall–Kier alpha value is -0.877. The minimum atomic E-state index is 0. The SMILES string of the molecule is CC(C)(C)c1cc[cH-]c1.[Cl-].[Cl-].[Zr+2]=[C]1CCCCC1.[c-]1cccc2c1Cc1ccccc1-2. The molecule has 1 fully saturated rings. The summed E-state index contributed by atoms with van der Waals surface area (Å²) in [6, 6.07) is 26.6. The van der Waals surface area contributed by atoms with Gasteiger partial charge < -0.3 is 24.8 Å². The van der Waals surface area contributed by atoms with E-state index in [2.05, 4.69) is 87.5 Å². The van der Waals surface area contributed by atoms with Crippen LogP contribution in [-0.2, 0) is 36.1 Å². The van der Waals surface area contributed by atoms with Crippen LogP contribution in [0.1, 0.15) is 69.6 Å². The third kappa shape index (κ3) is 8.53. The second-order valence-corrected chi connectivity index (χ2v) is 10.7. The van der Waals surface area contributed by atoms with Crippen LogP contribution in [0.5, 0.6) is 0 Å². The van der Waals surface area contributed by atoms with Crippen LogP contribution >= 0.6 is 0 Å². The average molecular weight is 531 g/mol. The Balaban J connectivity index is 0.000000238. The molecule has 0 saturated heterocycles. The van der Waals surface area contributed by atoms with Gasteiger partial charge in [0, 0.05) is 0 Å². The molecule has 31 heavy (non-hydrogen) atoms. The van der Waals surface area contributed by atoms with Crippen LogP contribution in [0.2, 0.25) is 0 Å². The molecular formula is C28H32Cl2Zr-2. The third-order valence-electron chi connectivity index (χ3n) is 5.60. The standard InChI is InChI=1S/C13H9.C9H13.C6H10.2ClH.Zr/c1-3-7-12-10(5-1)9-11-6-2-4-8-13(11)12;1-9(2,3)8-6-4-5-7-8;1-2-4-6-5-3-1;;;/h1-5,7-8H,9H2;4-7H,1-3H3;1-5H2;2*1H;/q2*-1;;;;+2/p-2. The van der Waals surface area contributed by atoms with Gasteiger partial charge in [0.2, 0.25) is 0 Å². The zero-order valence-electron chi connectivity index (χ0n) is 18.8. The van der Waals surface area contributed by atoms with Crippen molar-refractivity contribution in [2.75, 3.05) is 0 Å². The van der Waals surface area contributed by atoms with Gasteiger partial charge >= 0.3 is 59.5 Å². The molecule has 0 spiro atoms. The number of hydrogen-bond acceptors (Lipinski definition) is 0. The fourth-order valence-electron chi connectivity index (χ4n) is 3.85. The monoisotopic (exact) mass is 528 g/mol. The van der Waals surface area contributed by atoms with E-state index >= 15 is 0 Å². The molecule has 0 aromatic heterocycles. The summed E-state index contributed by atoms with van der Waals surface area (Å²) in [5.74, 6) is 0. The van der Waals surface area contributed by atoms with Crippen LogP contribution in [0.3, 0.4) is 0 Å². The van der Waals surface area contributed by atoms with E-state index in [0.29, 0.717) is 5.41 Å². The first-order valence-corrected chi connectivity index (χ1v) is 12.0. The molecule has 0 unspecified atom stereocenters. The molecule has 2 aliphatic rings. The summed E-state index contributed by atoms with van der Waals surface area (Å²) in [6.45, 7) is 6.67. The zero-order valence-corrected chi connectivity index (χ0v) is 22.8. The normalized spacial score (nSPS) is 13.8. The Morgan fingerprint density at radius 3 is 2.10 bits per heavy atom. The van der Waals surface area contributed by atoms with E-state index in [1.807, 2.05) is 6.07 Å². The number of halogens is 2. The molecule has 0 amide bonds. The number of fused-ring (bicyclic) bond motifs is 3. The van der Waals surface area contributed by atoms with Crippen LogP contribution in [0, 0.1) is 6.07 Å². The predicted molar refractivity (Wildman–Crippen MR) is 122 cm³/mol. The Bertz CT molecular complexity index is 869. The molecule has 0 nitrogen and oxygen atoms in total. The maximum absolute atomic E-state index is 3.30. The van der Waals surface area contributed by atoms with E-state index in [1.54, 1.807) is 27.4 Å². The second-order valence-electron chi connectivity index (χ2n) is 8.98. The summed E-state index contributed by atoms with van der Waals surface area (Å²) >= 11 is 1.69. The van der Waals surface area contributed by atoms with Crippen molar-refractivity contribution in [1.82, 2.24) is 0 Å². The molecular weight excluding hydrogens is 498 g/mol. The average Bonchev–Trinajstić information content (AvgIpc) is 3.38. The van der Waals surface area contributed by atoms with Crippen molar-refractivity contribution in [3.8, 4) is 11.1 Å². The molecule has 5 rings (SSSR count). The van der Waals surface area contributed by atoms with Gasteiger partial charge in [0.05, 0.1) is 0 Å². The molecule has 0 aliphatic heterocycles. The van der Waals surface area contributed by atoms with Crippen LogP contribution in [0.15, 0.2) is 66.7 Å². The summed E-state index contributed by atoms with van der Waals surface area (Å²) in [6.07, 6.45) is 8.36. The van der Waals surface area contributed by atoms with Crippen molar-refractivity contribution in [3.05, 3.63) is 89.5 Å². The topological polar surface area (TPSA) is 0 Å². The van der Waals surface area contributed by atoms with Crippen molar-refractivity contribution in [1.29, 1.82) is 0 Å². The second kappa shape index (κ2) is 13.6. The van der Waals surface area contributed by atoms with Crippen molar-refractivity contribution >= 4 is 3.21 Å². The van der Waals surface area contributed by atoms with Gasteiger partial charge in [-0.2, -0.15) is 53.6 Å². The summed E-state index contributed by atoms with van der Waals surface area (Å²) in [5, 5.41) is 0.